The van der Waals surface area contributed by atoms with Crippen molar-refractivity contribution >= 4 is 22.9 Å². The van der Waals surface area contributed by atoms with Gasteiger partial charge in [-0.1, -0.05) is 0 Å². The molecule has 4 rings (SSSR count). The fourth-order valence-electron chi connectivity index (χ4n) is 3.03. The van der Waals surface area contributed by atoms with Gasteiger partial charge in [0.1, 0.15) is 5.01 Å². The van der Waals surface area contributed by atoms with Gasteiger partial charge in [-0.15, -0.1) is 11.3 Å². The number of pyridine rings is 1. The normalized spacial score (nSPS) is 14.0. The average Bonchev–Trinajstić information content (AvgIpc) is 3.00. The number of aryl methyl sites for hydroxylation is 2. The first-order valence-corrected chi connectivity index (χ1v) is 8.88. The number of fused-ring (bicyclic) bond motifs is 1. The van der Waals surface area contributed by atoms with Crippen LogP contribution in [-0.2, 0) is 11.2 Å². The van der Waals surface area contributed by atoms with E-state index in [-0.39, 0.29) is 5.91 Å². The molecule has 0 radical (unpaired) electrons. The van der Waals surface area contributed by atoms with Crippen molar-refractivity contribution in [1.29, 1.82) is 0 Å². The van der Waals surface area contributed by atoms with Crippen LogP contribution in [-0.4, -0.2) is 15.9 Å². The van der Waals surface area contributed by atoms with Crippen LogP contribution >= 0.6 is 11.3 Å². The lowest BCUT2D eigenvalue weighted by atomic mass is 9.98. The van der Waals surface area contributed by atoms with Crippen LogP contribution in [0.5, 0.6) is 0 Å². The Morgan fingerprint density at radius 2 is 2.00 bits per heavy atom. The molecule has 0 bridgehead atoms. The third kappa shape index (κ3) is 2.83. The molecule has 0 saturated carbocycles. The van der Waals surface area contributed by atoms with Crippen LogP contribution in [0, 0.1) is 6.92 Å². The number of rotatable bonds is 2. The molecule has 1 N–H and O–H groups in total. The minimum absolute atomic E-state index is 0.106. The predicted octanol–water partition coefficient (Wildman–Crippen LogP) is 4.46. The second-order valence-corrected chi connectivity index (χ2v) is 6.86. The molecule has 2 aromatic heterocycles. The monoisotopic (exact) mass is 335 g/mol. The average molecular weight is 335 g/mol. The number of carbonyl (C=O) groups is 1. The number of benzene rings is 1. The SMILES string of the molecule is Cc1cc2c(cc1-c1csc(-c3ccncc3)n1)CCCC(=O)N2. The van der Waals surface area contributed by atoms with Gasteiger partial charge in [0.25, 0.3) is 0 Å². The van der Waals surface area contributed by atoms with Crippen molar-refractivity contribution < 1.29 is 4.79 Å². The molecule has 24 heavy (non-hydrogen) atoms. The molecule has 3 aromatic rings. The fourth-order valence-corrected chi connectivity index (χ4v) is 3.85. The Morgan fingerprint density at radius 1 is 1.17 bits per heavy atom. The highest BCUT2D eigenvalue weighted by Crippen LogP contribution is 2.34. The number of aromatic nitrogens is 2. The number of thiazole rings is 1. The van der Waals surface area contributed by atoms with E-state index in [0.29, 0.717) is 6.42 Å². The van der Waals surface area contributed by atoms with Gasteiger partial charge in [0.05, 0.1) is 5.69 Å². The molecule has 0 unspecified atom stereocenters. The van der Waals surface area contributed by atoms with Crippen LogP contribution in [0.3, 0.4) is 0 Å². The molecular formula is C19H17N3OS. The second-order valence-electron chi connectivity index (χ2n) is 6.00. The quantitative estimate of drug-likeness (QED) is 0.752. The van der Waals surface area contributed by atoms with E-state index in [9.17, 15) is 4.79 Å². The standard InChI is InChI=1S/C19H17N3OS/c1-12-9-16-14(3-2-4-18(23)21-16)10-15(12)17-11-24-19(22-17)13-5-7-20-8-6-13/h5-11H,2-4H2,1H3,(H,21,23). The maximum Gasteiger partial charge on any atom is 0.224 e. The third-order valence-corrected chi connectivity index (χ3v) is 5.17. The lowest BCUT2D eigenvalue weighted by Crippen LogP contribution is -2.09. The zero-order valence-electron chi connectivity index (χ0n) is 13.4. The van der Waals surface area contributed by atoms with Crippen molar-refractivity contribution in [2.45, 2.75) is 26.2 Å². The van der Waals surface area contributed by atoms with Crippen molar-refractivity contribution in [3.8, 4) is 21.8 Å². The molecule has 4 nitrogen and oxygen atoms in total. The molecule has 0 atom stereocenters. The fraction of sp³-hybridized carbons (Fsp3) is 0.211. The number of carbonyl (C=O) groups excluding carboxylic acids is 1. The van der Waals surface area contributed by atoms with E-state index in [1.807, 2.05) is 12.1 Å². The van der Waals surface area contributed by atoms with Crippen molar-refractivity contribution in [3.63, 3.8) is 0 Å². The first-order valence-electron chi connectivity index (χ1n) is 8.00. The van der Waals surface area contributed by atoms with Crippen LogP contribution in [0.2, 0.25) is 0 Å². The Bertz CT molecular complexity index is 902. The third-order valence-electron chi connectivity index (χ3n) is 4.28. The highest BCUT2D eigenvalue weighted by Gasteiger charge is 2.16. The Balaban J connectivity index is 1.74. The summed E-state index contributed by atoms with van der Waals surface area (Å²) in [4.78, 5) is 20.6. The lowest BCUT2D eigenvalue weighted by Gasteiger charge is -2.11. The van der Waals surface area contributed by atoms with Gasteiger partial charge in [-0.25, -0.2) is 4.98 Å². The van der Waals surface area contributed by atoms with E-state index in [0.717, 1.165) is 45.9 Å². The van der Waals surface area contributed by atoms with Gasteiger partial charge in [-0.2, -0.15) is 0 Å². The van der Waals surface area contributed by atoms with Gasteiger partial charge in [-0.05, 0) is 55.2 Å². The largest absolute Gasteiger partial charge is 0.326 e. The smallest absolute Gasteiger partial charge is 0.224 e. The highest BCUT2D eigenvalue weighted by molar-refractivity contribution is 7.13. The molecule has 0 spiro atoms. The number of nitrogens with zero attached hydrogens (tertiary/aromatic N) is 2. The maximum absolute atomic E-state index is 11.7. The molecule has 1 aromatic carbocycles. The first-order chi connectivity index (χ1) is 11.7. The topological polar surface area (TPSA) is 54.9 Å². The zero-order chi connectivity index (χ0) is 16.5. The minimum Gasteiger partial charge on any atom is -0.326 e. The summed E-state index contributed by atoms with van der Waals surface area (Å²) in [5.74, 6) is 0.106. The van der Waals surface area contributed by atoms with Crippen molar-refractivity contribution in [1.82, 2.24) is 9.97 Å². The Kier molecular flexibility index (Phi) is 3.86. The van der Waals surface area contributed by atoms with Crippen LogP contribution in [0.25, 0.3) is 21.8 Å². The molecule has 1 amide bonds. The van der Waals surface area contributed by atoms with E-state index >= 15 is 0 Å². The summed E-state index contributed by atoms with van der Waals surface area (Å²) in [6.45, 7) is 2.07. The molecule has 3 heterocycles. The molecular weight excluding hydrogens is 318 g/mol. The summed E-state index contributed by atoms with van der Waals surface area (Å²) in [7, 11) is 0. The van der Waals surface area contributed by atoms with Gasteiger partial charge in [0.2, 0.25) is 5.91 Å². The summed E-state index contributed by atoms with van der Waals surface area (Å²) in [6, 6.07) is 8.20. The molecule has 1 aliphatic rings. The number of hydrogen-bond donors (Lipinski definition) is 1. The Labute approximate surface area is 144 Å². The van der Waals surface area contributed by atoms with Gasteiger partial charge >= 0.3 is 0 Å². The van der Waals surface area contributed by atoms with E-state index in [1.54, 1.807) is 23.7 Å². The first kappa shape index (κ1) is 15.0. The van der Waals surface area contributed by atoms with Gasteiger partial charge in [0.15, 0.2) is 0 Å². The Hall–Kier alpha value is -2.53. The minimum atomic E-state index is 0.106. The van der Waals surface area contributed by atoms with E-state index < -0.39 is 0 Å². The summed E-state index contributed by atoms with van der Waals surface area (Å²) >= 11 is 1.64. The van der Waals surface area contributed by atoms with Crippen molar-refractivity contribution in [2.24, 2.45) is 0 Å². The number of nitrogens with one attached hydrogen (secondary N) is 1. The van der Waals surface area contributed by atoms with E-state index in [4.69, 9.17) is 4.98 Å². The molecule has 1 aliphatic heterocycles. The summed E-state index contributed by atoms with van der Waals surface area (Å²) in [5, 5.41) is 6.10. The van der Waals surface area contributed by atoms with Crippen molar-refractivity contribution in [2.75, 3.05) is 5.32 Å². The van der Waals surface area contributed by atoms with Crippen molar-refractivity contribution in [3.05, 3.63) is 53.2 Å². The molecule has 5 heteroatoms. The summed E-state index contributed by atoms with van der Waals surface area (Å²) in [5.41, 5.74) is 6.48. The molecule has 0 saturated heterocycles. The second kappa shape index (κ2) is 6.17. The van der Waals surface area contributed by atoms with Crippen LogP contribution in [0.1, 0.15) is 24.0 Å². The highest BCUT2D eigenvalue weighted by atomic mass is 32.1. The number of amides is 1. The zero-order valence-corrected chi connectivity index (χ0v) is 14.2. The summed E-state index contributed by atoms with van der Waals surface area (Å²) in [6.07, 6.45) is 5.97. The van der Waals surface area contributed by atoms with Crippen LogP contribution in [0.4, 0.5) is 5.69 Å². The Morgan fingerprint density at radius 3 is 2.83 bits per heavy atom. The predicted molar refractivity (Wildman–Crippen MR) is 97.1 cm³/mol. The molecule has 0 fully saturated rings. The number of anilines is 1. The molecule has 0 aliphatic carbocycles. The van der Waals surface area contributed by atoms with Crippen LogP contribution < -0.4 is 5.32 Å². The van der Waals surface area contributed by atoms with Gasteiger partial charge in [-0.3, -0.25) is 9.78 Å². The lowest BCUT2D eigenvalue weighted by molar-refractivity contribution is -0.116. The van der Waals surface area contributed by atoms with Gasteiger partial charge < -0.3 is 5.32 Å². The van der Waals surface area contributed by atoms with Gasteiger partial charge in [0, 0.05) is 41.0 Å². The maximum atomic E-state index is 11.7. The van der Waals surface area contributed by atoms with E-state index in [1.165, 1.54) is 5.56 Å². The van der Waals surface area contributed by atoms with Crippen LogP contribution in [0.15, 0.2) is 42.0 Å². The number of hydrogen-bond acceptors (Lipinski definition) is 4. The van der Waals surface area contributed by atoms with E-state index in [2.05, 4.69) is 34.7 Å². The summed E-state index contributed by atoms with van der Waals surface area (Å²) < 4.78 is 0. The molecule has 120 valence electrons.